The summed E-state index contributed by atoms with van der Waals surface area (Å²) in [5.74, 6) is -1.09. The second kappa shape index (κ2) is 9.13. The number of fused-ring (bicyclic) bond motifs is 2. The number of aliphatic hydroxyl groups is 2. The van der Waals surface area contributed by atoms with Crippen molar-refractivity contribution in [1.29, 1.82) is 0 Å². The highest BCUT2D eigenvalue weighted by atomic mass is 16.7. The molecule has 10 atom stereocenters. The normalized spacial score (nSPS) is 52.3. The van der Waals surface area contributed by atoms with E-state index < -0.39 is 34.3 Å². The topological polar surface area (TPSA) is 94.5 Å². The van der Waals surface area contributed by atoms with Gasteiger partial charge in [-0.3, -0.25) is 4.79 Å². The number of hydrogen-bond donors (Lipinski definition) is 2. The van der Waals surface area contributed by atoms with Crippen LogP contribution in [0.1, 0.15) is 127 Å². The molecule has 7 heteroatoms. The van der Waals surface area contributed by atoms with Gasteiger partial charge in [-0.1, -0.05) is 20.8 Å². The van der Waals surface area contributed by atoms with Crippen molar-refractivity contribution in [3.8, 4) is 0 Å². The van der Waals surface area contributed by atoms with Gasteiger partial charge in [0.1, 0.15) is 16.8 Å². The third-order valence-electron chi connectivity index (χ3n) is 12.7. The van der Waals surface area contributed by atoms with E-state index in [0.29, 0.717) is 18.8 Å². The van der Waals surface area contributed by atoms with Gasteiger partial charge in [0.2, 0.25) is 0 Å². The Labute approximate surface area is 235 Å². The maximum absolute atomic E-state index is 12.4. The first-order valence-electron chi connectivity index (χ1n) is 15.5. The molecule has 3 saturated heterocycles. The first-order chi connectivity index (χ1) is 17.8. The van der Waals surface area contributed by atoms with Crippen LogP contribution in [0.2, 0.25) is 0 Å². The molecular formula is C32H54O7. The molecule has 2 N–H and O–H groups in total. The molecular weight excluding hydrogens is 496 g/mol. The summed E-state index contributed by atoms with van der Waals surface area (Å²) >= 11 is 0. The number of ether oxygens (including phenoxy) is 4. The van der Waals surface area contributed by atoms with Crippen molar-refractivity contribution in [2.75, 3.05) is 0 Å². The molecule has 0 unspecified atom stereocenters. The van der Waals surface area contributed by atoms with Crippen LogP contribution >= 0.6 is 0 Å². The highest BCUT2D eigenvalue weighted by molar-refractivity contribution is 5.66. The lowest BCUT2D eigenvalue weighted by molar-refractivity contribution is -0.410. The molecule has 39 heavy (non-hydrogen) atoms. The standard InChI is InChI=1S/C32H54O7/c1-20-10-11-25-31(18-19-32(35,39-31)27(5,6)38-25)29(20,8)16-12-22-28(7)15-13-23(34)26(3,4)37-24(28)14-17-30(22,9)36-21(2)33/h20,22-25,34-35H,10-19H2,1-9H3/t20-,22+,23+,24-,25-,28-,29-,30+,31+,32-/m1/s1. The first-order valence-corrected chi connectivity index (χ1v) is 15.5. The summed E-state index contributed by atoms with van der Waals surface area (Å²) in [6.07, 6.45) is 7.46. The molecule has 0 amide bonds. The van der Waals surface area contributed by atoms with Gasteiger partial charge in [-0.05, 0) is 98.3 Å². The summed E-state index contributed by atoms with van der Waals surface area (Å²) in [4.78, 5) is 12.4. The number of esters is 1. The van der Waals surface area contributed by atoms with E-state index in [2.05, 4.69) is 27.7 Å². The highest BCUT2D eigenvalue weighted by Gasteiger charge is 2.72. The van der Waals surface area contributed by atoms with E-state index in [1.807, 2.05) is 27.7 Å². The molecule has 0 aromatic carbocycles. The van der Waals surface area contributed by atoms with E-state index in [0.717, 1.165) is 51.4 Å². The van der Waals surface area contributed by atoms with Crippen LogP contribution in [0.5, 0.6) is 0 Å². The summed E-state index contributed by atoms with van der Waals surface area (Å²) < 4.78 is 26.3. The smallest absolute Gasteiger partial charge is 0.303 e. The summed E-state index contributed by atoms with van der Waals surface area (Å²) in [6, 6.07) is 0. The van der Waals surface area contributed by atoms with Crippen molar-refractivity contribution >= 4 is 5.97 Å². The predicted octanol–water partition coefficient (Wildman–Crippen LogP) is 5.67. The van der Waals surface area contributed by atoms with Crippen molar-refractivity contribution in [2.45, 2.75) is 173 Å². The second-order valence-corrected chi connectivity index (χ2v) is 15.6. The minimum atomic E-state index is -1.28. The van der Waals surface area contributed by atoms with Crippen molar-refractivity contribution in [1.82, 2.24) is 0 Å². The Bertz CT molecular complexity index is 980. The van der Waals surface area contributed by atoms with Gasteiger partial charge in [-0.25, -0.2) is 0 Å². The van der Waals surface area contributed by atoms with Gasteiger partial charge in [0.05, 0.1) is 23.9 Å². The van der Waals surface area contributed by atoms with E-state index in [-0.39, 0.29) is 34.9 Å². The Morgan fingerprint density at radius 1 is 0.897 bits per heavy atom. The SMILES string of the molecule is CC(=O)O[C@@]1(C)CC[C@H]2OC(C)(C)[C@@H](O)CC[C@]2(C)[C@@H]1CC[C@]1(C)[C@H](C)CC[C@H]2OC(C)(C)[C@@]3(O)CC[C@]21O3. The van der Waals surface area contributed by atoms with E-state index in [1.165, 1.54) is 6.92 Å². The third-order valence-corrected chi connectivity index (χ3v) is 12.7. The summed E-state index contributed by atoms with van der Waals surface area (Å²) in [7, 11) is 0. The minimum absolute atomic E-state index is 0.0209. The molecule has 1 spiro atoms. The maximum atomic E-state index is 12.4. The van der Waals surface area contributed by atoms with E-state index in [4.69, 9.17) is 18.9 Å². The fourth-order valence-corrected chi connectivity index (χ4v) is 9.75. The second-order valence-electron chi connectivity index (χ2n) is 15.6. The fourth-order valence-electron chi connectivity index (χ4n) is 9.75. The molecule has 5 rings (SSSR count). The zero-order valence-corrected chi connectivity index (χ0v) is 25.9. The van der Waals surface area contributed by atoms with Crippen molar-refractivity contribution in [3.63, 3.8) is 0 Å². The number of aliphatic hydroxyl groups excluding tert-OH is 1. The Balaban J connectivity index is 1.50. The van der Waals surface area contributed by atoms with Gasteiger partial charge < -0.3 is 29.2 Å². The summed E-state index contributed by atoms with van der Waals surface area (Å²) in [6.45, 7) is 18.5. The van der Waals surface area contributed by atoms with Crippen LogP contribution in [0.25, 0.3) is 0 Å². The van der Waals surface area contributed by atoms with Gasteiger partial charge in [0.25, 0.3) is 0 Å². The Morgan fingerprint density at radius 3 is 2.26 bits per heavy atom. The van der Waals surface area contributed by atoms with Gasteiger partial charge in [0.15, 0.2) is 5.79 Å². The lowest BCUT2D eigenvalue weighted by atomic mass is 9.51. The molecule has 224 valence electrons. The Morgan fingerprint density at radius 2 is 1.59 bits per heavy atom. The first kappa shape index (κ1) is 29.8. The summed E-state index contributed by atoms with van der Waals surface area (Å²) in [5, 5.41) is 22.5. The molecule has 0 aromatic heterocycles. The molecule has 5 fully saturated rings. The molecule has 0 aromatic rings. The fraction of sp³-hybridized carbons (Fsp3) is 0.969. The molecule has 7 nitrogen and oxygen atoms in total. The van der Waals surface area contributed by atoms with Gasteiger partial charge >= 0.3 is 5.97 Å². The average Bonchev–Trinajstić information content (AvgIpc) is 3.13. The van der Waals surface area contributed by atoms with Crippen LogP contribution in [0.3, 0.4) is 0 Å². The van der Waals surface area contributed by atoms with Crippen LogP contribution < -0.4 is 0 Å². The number of carbonyl (C=O) groups excluding carboxylic acids is 1. The minimum Gasteiger partial charge on any atom is -0.459 e. The zero-order valence-electron chi connectivity index (χ0n) is 25.9. The predicted molar refractivity (Wildman–Crippen MR) is 148 cm³/mol. The molecule has 2 saturated carbocycles. The molecule has 0 radical (unpaired) electrons. The zero-order chi connectivity index (χ0) is 28.9. The number of rotatable bonds is 4. The van der Waals surface area contributed by atoms with Crippen LogP contribution in [0, 0.1) is 22.7 Å². The molecule has 2 aliphatic carbocycles. The Kier molecular flexibility index (Phi) is 6.97. The number of hydrogen-bond acceptors (Lipinski definition) is 7. The van der Waals surface area contributed by atoms with E-state index in [1.54, 1.807) is 0 Å². The maximum Gasteiger partial charge on any atom is 0.303 e. The van der Waals surface area contributed by atoms with Crippen molar-refractivity contribution in [3.05, 3.63) is 0 Å². The van der Waals surface area contributed by atoms with Crippen LogP contribution in [0.4, 0.5) is 0 Å². The molecule has 3 heterocycles. The molecule has 2 bridgehead atoms. The lowest BCUT2D eigenvalue weighted by Crippen LogP contribution is -2.70. The third kappa shape index (κ3) is 4.26. The van der Waals surface area contributed by atoms with Gasteiger partial charge in [-0.15, -0.1) is 0 Å². The van der Waals surface area contributed by atoms with Crippen LogP contribution in [0.15, 0.2) is 0 Å². The largest absolute Gasteiger partial charge is 0.459 e. The Hall–Kier alpha value is -0.730. The molecule has 3 aliphatic heterocycles. The van der Waals surface area contributed by atoms with Crippen LogP contribution in [-0.4, -0.2) is 62.7 Å². The highest BCUT2D eigenvalue weighted by Crippen LogP contribution is 2.66. The average molecular weight is 551 g/mol. The number of carbonyl (C=O) groups is 1. The lowest BCUT2D eigenvalue weighted by Gasteiger charge is -2.63. The monoisotopic (exact) mass is 550 g/mol. The van der Waals surface area contributed by atoms with Crippen molar-refractivity contribution < 1.29 is 34.0 Å². The van der Waals surface area contributed by atoms with Crippen molar-refractivity contribution in [2.24, 2.45) is 22.7 Å². The summed E-state index contributed by atoms with van der Waals surface area (Å²) in [5.41, 5.74) is -3.00. The quantitative estimate of drug-likeness (QED) is 0.435. The van der Waals surface area contributed by atoms with Gasteiger partial charge in [0, 0.05) is 30.1 Å². The van der Waals surface area contributed by atoms with Gasteiger partial charge in [-0.2, -0.15) is 0 Å². The van der Waals surface area contributed by atoms with E-state index in [9.17, 15) is 15.0 Å². The van der Waals surface area contributed by atoms with Crippen LogP contribution in [-0.2, 0) is 23.7 Å². The van der Waals surface area contributed by atoms with E-state index >= 15 is 0 Å². The molecule has 5 aliphatic rings.